The lowest BCUT2D eigenvalue weighted by molar-refractivity contribution is -0.138. The maximum absolute atomic E-state index is 12.3. The van der Waals surface area contributed by atoms with Crippen molar-refractivity contribution in [2.45, 2.75) is 45.8 Å². The lowest BCUT2D eigenvalue weighted by Crippen LogP contribution is -2.36. The standard InChI is InChI=1S/C15H21F3N2O/c1-4-7-19-13-8-10(2)5-6-12(13)14(21)20-11(3)9-15(16,17)18/h5-6,8,11,19H,4,7,9H2,1-3H3,(H,20,21). The molecule has 1 aromatic carbocycles. The van der Waals surface area contributed by atoms with Crippen LogP contribution in [-0.4, -0.2) is 24.7 Å². The summed E-state index contributed by atoms with van der Waals surface area (Å²) in [6.45, 7) is 5.93. The number of hydrogen-bond acceptors (Lipinski definition) is 2. The van der Waals surface area contributed by atoms with Gasteiger partial charge in [0.1, 0.15) is 0 Å². The third-order valence-electron chi connectivity index (χ3n) is 2.90. The first kappa shape index (κ1) is 17.3. The molecule has 0 fully saturated rings. The topological polar surface area (TPSA) is 41.1 Å². The number of benzene rings is 1. The van der Waals surface area contributed by atoms with E-state index in [1.807, 2.05) is 19.9 Å². The molecule has 0 aliphatic carbocycles. The second-order valence-corrected chi connectivity index (χ2v) is 5.17. The minimum absolute atomic E-state index is 0.364. The summed E-state index contributed by atoms with van der Waals surface area (Å²) >= 11 is 0. The molecule has 1 aromatic rings. The summed E-state index contributed by atoms with van der Waals surface area (Å²) in [5.41, 5.74) is 1.99. The highest BCUT2D eigenvalue weighted by Gasteiger charge is 2.30. The summed E-state index contributed by atoms with van der Waals surface area (Å²) in [4.78, 5) is 12.1. The van der Waals surface area contributed by atoms with Crippen LogP contribution in [0.25, 0.3) is 0 Å². The molecule has 0 spiro atoms. The van der Waals surface area contributed by atoms with Crippen LogP contribution in [0.15, 0.2) is 18.2 Å². The predicted molar refractivity (Wildman–Crippen MR) is 77.6 cm³/mol. The normalized spacial score (nSPS) is 12.9. The zero-order chi connectivity index (χ0) is 16.0. The summed E-state index contributed by atoms with van der Waals surface area (Å²) in [5, 5.41) is 5.51. The van der Waals surface area contributed by atoms with E-state index in [0.717, 1.165) is 12.0 Å². The Morgan fingerprint density at radius 2 is 2.00 bits per heavy atom. The lowest BCUT2D eigenvalue weighted by atomic mass is 10.1. The van der Waals surface area contributed by atoms with Crippen molar-refractivity contribution in [3.63, 3.8) is 0 Å². The van der Waals surface area contributed by atoms with Crippen LogP contribution in [0.4, 0.5) is 18.9 Å². The fourth-order valence-corrected chi connectivity index (χ4v) is 1.96. The molecular formula is C15H21F3N2O. The van der Waals surface area contributed by atoms with Gasteiger partial charge in [0.15, 0.2) is 0 Å². The maximum atomic E-state index is 12.3. The first-order valence-electron chi connectivity index (χ1n) is 6.95. The van der Waals surface area contributed by atoms with E-state index in [-0.39, 0.29) is 0 Å². The van der Waals surface area contributed by atoms with Crippen molar-refractivity contribution >= 4 is 11.6 Å². The molecule has 1 rings (SSSR count). The van der Waals surface area contributed by atoms with E-state index in [1.165, 1.54) is 6.92 Å². The summed E-state index contributed by atoms with van der Waals surface area (Å²) in [6, 6.07) is 4.25. The third-order valence-corrected chi connectivity index (χ3v) is 2.90. The Balaban J connectivity index is 2.81. The van der Waals surface area contributed by atoms with E-state index in [2.05, 4.69) is 10.6 Å². The van der Waals surface area contributed by atoms with Gasteiger partial charge in [-0.25, -0.2) is 0 Å². The van der Waals surface area contributed by atoms with Crippen molar-refractivity contribution in [3.05, 3.63) is 29.3 Å². The molecule has 0 aliphatic heterocycles. The number of hydrogen-bond donors (Lipinski definition) is 2. The first-order chi connectivity index (χ1) is 9.73. The van der Waals surface area contributed by atoms with Crippen LogP contribution in [0.5, 0.6) is 0 Å². The van der Waals surface area contributed by atoms with Crippen LogP contribution in [0.3, 0.4) is 0 Å². The second-order valence-electron chi connectivity index (χ2n) is 5.17. The zero-order valence-electron chi connectivity index (χ0n) is 12.5. The fourth-order valence-electron chi connectivity index (χ4n) is 1.96. The van der Waals surface area contributed by atoms with Crippen LogP contribution >= 0.6 is 0 Å². The molecule has 2 N–H and O–H groups in total. The highest BCUT2D eigenvalue weighted by Crippen LogP contribution is 2.22. The molecule has 0 bridgehead atoms. The molecule has 3 nitrogen and oxygen atoms in total. The van der Waals surface area contributed by atoms with Crippen molar-refractivity contribution in [3.8, 4) is 0 Å². The smallest absolute Gasteiger partial charge is 0.384 e. The Kier molecular flexibility index (Phi) is 6.05. The lowest BCUT2D eigenvalue weighted by Gasteiger charge is -2.18. The molecule has 0 aliphatic rings. The number of carbonyl (C=O) groups excluding carboxylic acids is 1. The van der Waals surface area contributed by atoms with Crippen LogP contribution in [0.1, 0.15) is 42.6 Å². The van der Waals surface area contributed by atoms with Gasteiger partial charge in [0.25, 0.3) is 5.91 Å². The van der Waals surface area contributed by atoms with Gasteiger partial charge in [0, 0.05) is 18.3 Å². The number of amides is 1. The van der Waals surface area contributed by atoms with Gasteiger partial charge in [0.2, 0.25) is 0 Å². The molecular weight excluding hydrogens is 281 g/mol. The zero-order valence-corrected chi connectivity index (χ0v) is 12.5. The first-order valence-corrected chi connectivity index (χ1v) is 6.95. The quantitative estimate of drug-likeness (QED) is 0.837. The Hall–Kier alpha value is -1.72. The summed E-state index contributed by atoms with van der Waals surface area (Å²) in [7, 11) is 0. The van der Waals surface area contributed by atoms with Crippen LogP contribution in [-0.2, 0) is 0 Å². The van der Waals surface area contributed by atoms with E-state index >= 15 is 0 Å². The van der Waals surface area contributed by atoms with Crippen LogP contribution in [0, 0.1) is 6.92 Å². The highest BCUT2D eigenvalue weighted by atomic mass is 19.4. The van der Waals surface area contributed by atoms with E-state index in [0.29, 0.717) is 17.8 Å². The molecule has 0 saturated heterocycles. The van der Waals surface area contributed by atoms with E-state index in [1.54, 1.807) is 12.1 Å². The number of nitrogens with one attached hydrogen (secondary N) is 2. The monoisotopic (exact) mass is 302 g/mol. The number of carbonyl (C=O) groups is 1. The van der Waals surface area contributed by atoms with Gasteiger partial charge < -0.3 is 10.6 Å². The van der Waals surface area contributed by atoms with Gasteiger partial charge in [0.05, 0.1) is 12.0 Å². The van der Waals surface area contributed by atoms with Crippen molar-refractivity contribution in [1.82, 2.24) is 5.32 Å². The summed E-state index contributed by atoms with van der Waals surface area (Å²) < 4.78 is 36.9. The average molecular weight is 302 g/mol. The number of alkyl halides is 3. The predicted octanol–water partition coefficient (Wildman–Crippen LogP) is 3.89. The Labute approximate surface area is 122 Å². The van der Waals surface area contributed by atoms with Gasteiger partial charge in [-0.15, -0.1) is 0 Å². The van der Waals surface area contributed by atoms with Crippen LogP contribution in [0.2, 0.25) is 0 Å². The Morgan fingerprint density at radius 3 is 2.57 bits per heavy atom. The van der Waals surface area contributed by atoms with E-state index in [9.17, 15) is 18.0 Å². The van der Waals surface area contributed by atoms with Gasteiger partial charge in [-0.1, -0.05) is 13.0 Å². The average Bonchev–Trinajstić information content (AvgIpc) is 2.33. The van der Waals surface area contributed by atoms with Crippen LogP contribution < -0.4 is 10.6 Å². The van der Waals surface area contributed by atoms with Crippen molar-refractivity contribution in [1.29, 1.82) is 0 Å². The number of anilines is 1. The third kappa shape index (κ3) is 6.06. The Morgan fingerprint density at radius 1 is 1.33 bits per heavy atom. The molecule has 0 heterocycles. The van der Waals surface area contributed by atoms with Crippen molar-refractivity contribution in [2.24, 2.45) is 0 Å². The van der Waals surface area contributed by atoms with Crippen molar-refractivity contribution in [2.75, 3.05) is 11.9 Å². The van der Waals surface area contributed by atoms with Crippen molar-refractivity contribution < 1.29 is 18.0 Å². The molecule has 1 unspecified atom stereocenters. The Bertz CT molecular complexity index is 486. The SMILES string of the molecule is CCCNc1cc(C)ccc1C(=O)NC(C)CC(F)(F)F. The summed E-state index contributed by atoms with van der Waals surface area (Å²) in [5.74, 6) is -0.495. The number of halogens is 3. The van der Waals surface area contributed by atoms with E-state index < -0.39 is 24.5 Å². The van der Waals surface area contributed by atoms with Gasteiger partial charge in [-0.05, 0) is 38.0 Å². The van der Waals surface area contributed by atoms with Gasteiger partial charge in [-0.3, -0.25) is 4.79 Å². The molecule has 0 radical (unpaired) electrons. The molecule has 0 aromatic heterocycles. The minimum Gasteiger partial charge on any atom is -0.384 e. The second kappa shape index (κ2) is 7.33. The molecule has 6 heteroatoms. The maximum Gasteiger partial charge on any atom is 0.391 e. The molecule has 1 atom stereocenters. The highest BCUT2D eigenvalue weighted by molar-refractivity contribution is 5.99. The van der Waals surface area contributed by atoms with Gasteiger partial charge >= 0.3 is 6.18 Å². The largest absolute Gasteiger partial charge is 0.391 e. The number of rotatable bonds is 6. The fraction of sp³-hybridized carbons (Fsp3) is 0.533. The minimum atomic E-state index is -4.29. The molecule has 1 amide bonds. The molecule has 21 heavy (non-hydrogen) atoms. The summed E-state index contributed by atoms with van der Waals surface area (Å²) in [6.07, 6.45) is -4.44. The molecule has 118 valence electrons. The van der Waals surface area contributed by atoms with Gasteiger partial charge in [-0.2, -0.15) is 13.2 Å². The molecule has 0 saturated carbocycles. The van der Waals surface area contributed by atoms with E-state index in [4.69, 9.17) is 0 Å². The number of aryl methyl sites for hydroxylation is 1.